The molecule has 2 unspecified atom stereocenters. The average Bonchev–Trinajstić information content (AvgIpc) is 2.65. The molecule has 0 saturated heterocycles. The predicted molar refractivity (Wildman–Crippen MR) is 88.7 cm³/mol. The van der Waals surface area contributed by atoms with E-state index in [2.05, 4.69) is 36.1 Å². The molecule has 0 aliphatic carbocycles. The molecule has 0 saturated carbocycles. The summed E-state index contributed by atoms with van der Waals surface area (Å²) in [7, 11) is 2.04. The molecule has 0 bridgehead atoms. The van der Waals surface area contributed by atoms with Crippen LogP contribution in [0.5, 0.6) is 0 Å². The molecule has 2 aromatic carbocycles. The van der Waals surface area contributed by atoms with Crippen LogP contribution in [0.3, 0.4) is 0 Å². The van der Waals surface area contributed by atoms with E-state index in [1.165, 1.54) is 0 Å². The van der Waals surface area contributed by atoms with Gasteiger partial charge in [0.1, 0.15) is 11.8 Å². The maximum atomic E-state index is 9.47. The van der Waals surface area contributed by atoms with Gasteiger partial charge in [-0.2, -0.15) is 5.26 Å². The topological polar surface area (TPSA) is 45.6 Å². The van der Waals surface area contributed by atoms with Crippen molar-refractivity contribution < 1.29 is 5.01 Å². The first-order valence-electron chi connectivity index (χ1n) is 7.50. The smallest absolute Gasteiger partial charge is 0.126 e. The lowest BCUT2D eigenvalue weighted by Gasteiger charge is -2.31. The number of quaternary nitrogens is 1. The minimum Gasteiger partial charge on any atom is -0.481 e. The fraction of sp³-hybridized carbons (Fsp3) is 0.278. The van der Waals surface area contributed by atoms with Crippen molar-refractivity contribution in [3.8, 4) is 6.07 Å². The maximum absolute atomic E-state index is 9.47. The Labute approximate surface area is 131 Å². The summed E-state index contributed by atoms with van der Waals surface area (Å²) >= 11 is 0. The van der Waals surface area contributed by atoms with Gasteiger partial charge in [-0.3, -0.25) is 0 Å². The quantitative estimate of drug-likeness (QED) is 0.878. The second-order valence-electron chi connectivity index (χ2n) is 5.88. The lowest BCUT2D eigenvalue weighted by molar-refractivity contribution is -0.788. The van der Waals surface area contributed by atoms with Crippen LogP contribution >= 0.6 is 0 Å². The molecule has 3 rings (SSSR count). The van der Waals surface area contributed by atoms with Crippen LogP contribution in [0.25, 0.3) is 5.43 Å². The lowest BCUT2D eigenvalue weighted by atomic mass is 10.1. The van der Waals surface area contributed by atoms with Gasteiger partial charge >= 0.3 is 0 Å². The van der Waals surface area contributed by atoms with Gasteiger partial charge in [0.05, 0.1) is 18.2 Å². The van der Waals surface area contributed by atoms with E-state index in [1.54, 1.807) is 0 Å². The third kappa shape index (κ3) is 2.51. The second-order valence-corrected chi connectivity index (χ2v) is 5.88. The van der Waals surface area contributed by atoms with Crippen molar-refractivity contribution in [1.29, 1.82) is 5.26 Å². The average molecular weight is 292 g/mol. The summed E-state index contributed by atoms with van der Waals surface area (Å²) in [5.41, 5.74) is 9.64. The molecule has 0 fully saturated rings. The summed E-state index contributed by atoms with van der Waals surface area (Å²) < 4.78 is 0. The highest BCUT2D eigenvalue weighted by Crippen LogP contribution is 2.36. The Morgan fingerprint density at radius 2 is 2.00 bits per heavy atom. The number of nitrogens with one attached hydrogen (secondary N) is 1. The van der Waals surface area contributed by atoms with Crippen molar-refractivity contribution in [3.05, 3.63) is 59.0 Å². The summed E-state index contributed by atoms with van der Waals surface area (Å²) in [5, 5.41) is 10.5. The van der Waals surface area contributed by atoms with Crippen molar-refractivity contribution in [2.24, 2.45) is 0 Å². The van der Waals surface area contributed by atoms with E-state index < -0.39 is 0 Å². The first-order chi connectivity index (χ1) is 10.6. The largest absolute Gasteiger partial charge is 0.481 e. The minimum absolute atomic E-state index is 0.287. The molecular weight excluding hydrogens is 272 g/mol. The third-order valence-electron chi connectivity index (χ3n) is 4.22. The molecule has 4 nitrogen and oxygen atoms in total. The van der Waals surface area contributed by atoms with Crippen molar-refractivity contribution in [2.45, 2.75) is 19.9 Å². The zero-order chi connectivity index (χ0) is 15.7. The summed E-state index contributed by atoms with van der Waals surface area (Å²) in [5.74, 6) is 0. The number of benzene rings is 2. The Morgan fingerprint density at radius 3 is 2.68 bits per heavy atom. The van der Waals surface area contributed by atoms with Gasteiger partial charge < -0.3 is 15.3 Å². The van der Waals surface area contributed by atoms with Gasteiger partial charge in [-0.1, -0.05) is 35.5 Å². The van der Waals surface area contributed by atoms with E-state index >= 15 is 0 Å². The van der Waals surface area contributed by atoms with Crippen LogP contribution in [0.4, 0.5) is 17.1 Å². The summed E-state index contributed by atoms with van der Waals surface area (Å²) in [4.78, 5) is 2.17. The minimum atomic E-state index is 0.287. The van der Waals surface area contributed by atoms with E-state index in [9.17, 15) is 5.26 Å². The Kier molecular flexibility index (Phi) is 3.74. The molecule has 0 aromatic heterocycles. The normalized spacial score (nSPS) is 20.5. The maximum Gasteiger partial charge on any atom is 0.126 e. The molecule has 1 aliphatic rings. The number of likely N-dealkylation sites (N-methyl/N-ethyl adjacent to an activating group) is 1. The van der Waals surface area contributed by atoms with E-state index in [0.29, 0.717) is 5.56 Å². The number of fused-ring (bicyclic) bond motifs is 1. The molecule has 1 heterocycles. The molecule has 4 heteroatoms. The van der Waals surface area contributed by atoms with Crippen LogP contribution in [-0.2, 0) is 0 Å². The van der Waals surface area contributed by atoms with Crippen molar-refractivity contribution in [3.63, 3.8) is 0 Å². The van der Waals surface area contributed by atoms with Crippen molar-refractivity contribution in [2.75, 3.05) is 18.5 Å². The Morgan fingerprint density at radius 1 is 1.27 bits per heavy atom. The van der Waals surface area contributed by atoms with E-state index in [1.807, 2.05) is 38.2 Å². The van der Waals surface area contributed by atoms with Crippen LogP contribution in [0, 0.1) is 18.3 Å². The van der Waals surface area contributed by atoms with E-state index in [4.69, 9.17) is 5.43 Å². The van der Waals surface area contributed by atoms with Gasteiger partial charge in [-0.15, -0.1) is 0 Å². The molecule has 2 aromatic rings. The lowest BCUT2D eigenvalue weighted by Crippen LogP contribution is -3.03. The fourth-order valence-corrected chi connectivity index (χ4v) is 2.94. The van der Waals surface area contributed by atoms with Crippen LogP contribution < -0.4 is 9.91 Å². The summed E-state index contributed by atoms with van der Waals surface area (Å²) in [6, 6.07) is 16.9. The molecule has 112 valence electrons. The van der Waals surface area contributed by atoms with Gasteiger partial charge in [0.25, 0.3) is 0 Å². The van der Waals surface area contributed by atoms with Crippen LogP contribution in [-0.4, -0.2) is 19.6 Å². The molecule has 0 spiro atoms. The van der Waals surface area contributed by atoms with Crippen LogP contribution in [0.15, 0.2) is 42.5 Å². The van der Waals surface area contributed by atoms with Crippen LogP contribution in [0.2, 0.25) is 0 Å². The molecule has 1 N–H and O–H groups in total. The Bertz CT molecular complexity index is 718. The SMILES string of the molecule is Cc1cc(C#N)c2c(c1)[N-][NH+](c1ccccc1)CC(C)N2C. The molecule has 2 atom stereocenters. The number of para-hydroxylation sites is 1. The standard InChI is InChI=1S/C18H20N4/c1-13-9-15(11-19)18-17(10-13)20-22(12-14(2)21(18)3)16-7-5-4-6-8-16/h4-10,14,22H,12H2,1-3H3. The highest BCUT2D eigenvalue weighted by molar-refractivity contribution is 5.79. The van der Waals surface area contributed by atoms with Gasteiger partial charge in [0.15, 0.2) is 0 Å². The number of anilines is 1. The molecule has 22 heavy (non-hydrogen) atoms. The first kappa shape index (κ1) is 14.4. The van der Waals surface area contributed by atoms with Crippen LogP contribution in [0.1, 0.15) is 18.1 Å². The Balaban J connectivity index is 2.10. The monoisotopic (exact) mass is 292 g/mol. The number of hydrogen-bond acceptors (Lipinski definition) is 2. The number of aryl methyl sites for hydroxylation is 1. The van der Waals surface area contributed by atoms with Gasteiger partial charge in [-0.05, 0) is 32.0 Å². The van der Waals surface area contributed by atoms with Crippen molar-refractivity contribution in [1.82, 2.24) is 0 Å². The summed E-state index contributed by atoms with van der Waals surface area (Å²) in [6.45, 7) is 5.04. The molecule has 0 amide bonds. The zero-order valence-corrected chi connectivity index (χ0v) is 13.2. The van der Waals surface area contributed by atoms with Crippen molar-refractivity contribution >= 4 is 17.1 Å². The van der Waals surface area contributed by atoms with Gasteiger partial charge in [0, 0.05) is 12.7 Å². The molecular formula is C18H20N4. The molecule has 0 radical (unpaired) electrons. The third-order valence-corrected chi connectivity index (χ3v) is 4.22. The molecule has 1 aliphatic heterocycles. The fourth-order valence-electron chi connectivity index (χ4n) is 2.94. The highest BCUT2D eigenvalue weighted by atomic mass is 15.5. The number of nitrogens with zero attached hydrogens (tertiary/aromatic N) is 3. The van der Waals surface area contributed by atoms with E-state index in [-0.39, 0.29) is 6.04 Å². The number of hydrogen-bond donors (Lipinski definition) is 1. The first-order valence-corrected chi connectivity index (χ1v) is 7.50. The second kappa shape index (κ2) is 5.70. The highest BCUT2D eigenvalue weighted by Gasteiger charge is 2.23. The van der Waals surface area contributed by atoms with Gasteiger partial charge in [-0.25, -0.2) is 0 Å². The van der Waals surface area contributed by atoms with E-state index in [0.717, 1.165) is 34.2 Å². The Hall–Kier alpha value is -2.51. The number of nitriles is 1. The summed E-state index contributed by atoms with van der Waals surface area (Å²) in [6.07, 6.45) is 0. The predicted octanol–water partition coefficient (Wildman–Crippen LogP) is 2.84. The number of rotatable bonds is 1. The zero-order valence-electron chi connectivity index (χ0n) is 13.2. The van der Waals surface area contributed by atoms with Gasteiger partial charge in [0.2, 0.25) is 0 Å².